The van der Waals surface area contributed by atoms with Crippen LogP contribution >= 0.6 is 11.3 Å². The fourth-order valence-corrected chi connectivity index (χ4v) is 4.60. The normalized spacial score (nSPS) is 11.3. The average molecular weight is 504 g/mol. The van der Waals surface area contributed by atoms with Crippen molar-refractivity contribution in [2.45, 2.75) is 26.3 Å². The summed E-state index contributed by atoms with van der Waals surface area (Å²) in [5.74, 6) is -1.41. The summed E-state index contributed by atoms with van der Waals surface area (Å²) in [7, 11) is 1.67. The molecule has 12 nitrogen and oxygen atoms in total. The number of rotatable bonds is 8. The number of carbonyl (C=O) groups excluding carboxylic acids is 2. The maximum Gasteiger partial charge on any atom is 0.306 e. The summed E-state index contributed by atoms with van der Waals surface area (Å²) >= 11 is 0.795. The van der Waals surface area contributed by atoms with Gasteiger partial charge < -0.3 is 11.1 Å². The van der Waals surface area contributed by atoms with E-state index in [0.29, 0.717) is 16.8 Å². The number of nitrogens with two attached hydrogens (primary N) is 1. The molecule has 4 aromatic heterocycles. The first-order valence-corrected chi connectivity index (χ1v) is 10.9. The average Bonchev–Trinajstić information content (AvgIpc) is 3.49. The molecule has 0 atom stereocenters. The van der Waals surface area contributed by atoms with Gasteiger partial charge in [-0.1, -0.05) is 0 Å². The van der Waals surface area contributed by atoms with E-state index in [1.54, 1.807) is 20.2 Å². The fourth-order valence-electron chi connectivity index (χ4n) is 3.59. The number of alkyl halides is 2. The summed E-state index contributed by atoms with van der Waals surface area (Å²) in [4.78, 5) is 39.1. The van der Waals surface area contributed by atoms with Crippen molar-refractivity contribution in [1.82, 2.24) is 24.5 Å². The molecule has 0 fully saturated rings. The van der Waals surface area contributed by atoms with Gasteiger partial charge in [0.15, 0.2) is 0 Å². The molecule has 3 N–H and O–H groups in total. The zero-order valence-corrected chi connectivity index (χ0v) is 19.2. The van der Waals surface area contributed by atoms with Gasteiger partial charge in [0, 0.05) is 37.2 Å². The highest BCUT2D eigenvalue weighted by Gasteiger charge is 2.26. The van der Waals surface area contributed by atoms with Crippen LogP contribution in [0.5, 0.6) is 0 Å². The van der Waals surface area contributed by atoms with Crippen LogP contribution in [-0.4, -0.2) is 41.3 Å². The van der Waals surface area contributed by atoms with Gasteiger partial charge in [-0.25, -0.2) is 13.8 Å². The number of thiophene rings is 1. The lowest BCUT2D eigenvalue weighted by atomic mass is 10.0. The summed E-state index contributed by atoms with van der Waals surface area (Å²) in [6, 6.07) is 1.20. The van der Waals surface area contributed by atoms with Crippen molar-refractivity contribution in [2.24, 2.45) is 12.8 Å². The molecule has 15 heteroatoms. The molecule has 0 aromatic carbocycles. The molecule has 4 rings (SSSR count). The Morgan fingerprint density at radius 2 is 2.06 bits per heavy atom. The predicted octanol–water partition coefficient (Wildman–Crippen LogP) is 3.18. The van der Waals surface area contributed by atoms with E-state index in [4.69, 9.17) is 5.73 Å². The number of hydrogen-bond acceptors (Lipinski definition) is 8. The third kappa shape index (κ3) is 4.70. The van der Waals surface area contributed by atoms with Crippen molar-refractivity contribution >= 4 is 44.7 Å². The molecule has 0 saturated carbocycles. The van der Waals surface area contributed by atoms with Crippen LogP contribution in [0.3, 0.4) is 0 Å². The second-order valence-electron chi connectivity index (χ2n) is 7.56. The van der Waals surface area contributed by atoms with E-state index >= 15 is 0 Å². The number of nitro groups is 1. The van der Waals surface area contributed by atoms with Crippen molar-refractivity contribution in [3.63, 3.8) is 0 Å². The number of halogens is 2. The number of carbonyl (C=O) groups is 2. The van der Waals surface area contributed by atoms with Crippen molar-refractivity contribution in [1.29, 1.82) is 0 Å². The van der Waals surface area contributed by atoms with Gasteiger partial charge in [-0.2, -0.15) is 10.2 Å². The highest BCUT2D eigenvalue weighted by atomic mass is 32.1. The van der Waals surface area contributed by atoms with E-state index in [9.17, 15) is 28.5 Å². The Kier molecular flexibility index (Phi) is 6.26. The molecule has 35 heavy (non-hydrogen) atoms. The van der Waals surface area contributed by atoms with Crippen LogP contribution in [-0.2, 0) is 18.4 Å². The lowest BCUT2D eigenvalue weighted by molar-refractivity contribution is -0.385. The minimum atomic E-state index is -2.87. The number of nitrogens with zero attached hydrogens (tertiary/aromatic N) is 6. The molecule has 4 aromatic rings. The van der Waals surface area contributed by atoms with Crippen LogP contribution < -0.4 is 11.1 Å². The van der Waals surface area contributed by atoms with Crippen molar-refractivity contribution in [3.8, 4) is 11.1 Å². The maximum absolute atomic E-state index is 13.6. The summed E-state index contributed by atoms with van der Waals surface area (Å²) in [6.07, 6.45) is 0.867. The minimum Gasteiger partial charge on any atom is -0.365 e. The van der Waals surface area contributed by atoms with Crippen LogP contribution in [0.1, 0.15) is 33.9 Å². The molecule has 2 amide bonds. The monoisotopic (exact) mass is 504 g/mol. The molecule has 0 saturated heterocycles. The second kappa shape index (κ2) is 9.17. The topological polar surface area (TPSA) is 164 Å². The number of fused-ring (bicyclic) bond motifs is 1. The molecule has 0 aliphatic rings. The van der Waals surface area contributed by atoms with Crippen molar-refractivity contribution < 1.29 is 23.3 Å². The largest absolute Gasteiger partial charge is 0.365 e. The number of aryl methyl sites for hydroxylation is 3. The Bertz CT molecular complexity index is 1480. The van der Waals surface area contributed by atoms with Gasteiger partial charge in [0.05, 0.1) is 16.3 Å². The first-order chi connectivity index (χ1) is 16.5. The summed E-state index contributed by atoms with van der Waals surface area (Å²) < 4.78 is 29.9. The Balaban J connectivity index is 1.76. The fraction of sp³-hybridized carbons (Fsp3) is 0.250. The van der Waals surface area contributed by atoms with E-state index in [-0.39, 0.29) is 39.4 Å². The van der Waals surface area contributed by atoms with E-state index in [2.05, 4.69) is 20.5 Å². The lowest BCUT2D eigenvalue weighted by Gasteiger charge is -2.10. The summed E-state index contributed by atoms with van der Waals surface area (Å²) in [6.45, 7) is 1.72. The van der Waals surface area contributed by atoms with E-state index in [0.717, 1.165) is 17.5 Å². The molecule has 4 heterocycles. The molecule has 0 bridgehead atoms. The highest BCUT2D eigenvalue weighted by Crippen LogP contribution is 2.43. The number of primary amides is 1. The van der Waals surface area contributed by atoms with Crippen LogP contribution in [0.2, 0.25) is 0 Å². The quantitative estimate of drug-likeness (QED) is 0.275. The lowest BCUT2D eigenvalue weighted by Crippen LogP contribution is -2.18. The zero-order valence-electron chi connectivity index (χ0n) is 18.4. The zero-order chi connectivity index (χ0) is 25.4. The SMILES string of the molecule is Cc1nn(C)cc1-c1cc(C(F)F)nc2sc(C(N)=O)c(NC(=O)CCn3cc([N+](=O)[O-])cn3)c12. The number of hydrogen-bond donors (Lipinski definition) is 2. The van der Waals surface area contributed by atoms with Gasteiger partial charge in [0.25, 0.3) is 12.3 Å². The van der Waals surface area contributed by atoms with Gasteiger partial charge in [0.1, 0.15) is 27.8 Å². The smallest absolute Gasteiger partial charge is 0.306 e. The Hall–Kier alpha value is -4.27. The molecule has 182 valence electrons. The number of nitrogens with one attached hydrogen (secondary N) is 1. The van der Waals surface area contributed by atoms with Gasteiger partial charge >= 0.3 is 5.69 Å². The van der Waals surface area contributed by atoms with E-state index in [1.807, 2.05) is 0 Å². The molecular weight excluding hydrogens is 486 g/mol. The molecule has 0 aliphatic carbocycles. The Labute approximate surface area is 199 Å². The predicted molar refractivity (Wildman–Crippen MR) is 122 cm³/mol. The summed E-state index contributed by atoms with van der Waals surface area (Å²) in [5.41, 5.74) is 6.25. The van der Waals surface area contributed by atoms with Gasteiger partial charge in [0.2, 0.25) is 5.91 Å². The van der Waals surface area contributed by atoms with Crippen LogP contribution in [0.25, 0.3) is 21.3 Å². The minimum absolute atomic E-state index is 0.0238. The Morgan fingerprint density at radius 1 is 1.31 bits per heavy atom. The Morgan fingerprint density at radius 3 is 2.63 bits per heavy atom. The number of pyridine rings is 1. The number of anilines is 1. The molecule has 0 aliphatic heterocycles. The third-order valence-corrected chi connectivity index (χ3v) is 6.19. The molecular formula is C20H18F2N8O4S. The van der Waals surface area contributed by atoms with Crippen LogP contribution in [0.4, 0.5) is 20.2 Å². The standard InChI is InChI=1S/C20H18F2N8O4S/c1-9-12(8-28(2)27-9)11-5-13(18(21)22)25-20-15(11)16(17(35-20)19(23)32)26-14(31)3-4-29-7-10(6-24-29)30(33)34/h5-8,18H,3-4H2,1-2H3,(H2,23,32)(H,26,31). The molecule has 0 unspecified atom stereocenters. The van der Waals surface area contributed by atoms with Gasteiger partial charge in [-0.15, -0.1) is 11.3 Å². The van der Waals surface area contributed by atoms with Gasteiger partial charge in [-0.3, -0.25) is 29.1 Å². The first kappa shape index (κ1) is 23.9. The van der Waals surface area contributed by atoms with Crippen molar-refractivity contribution in [2.75, 3.05) is 5.32 Å². The first-order valence-electron chi connectivity index (χ1n) is 10.1. The second-order valence-corrected chi connectivity index (χ2v) is 8.56. The number of amides is 2. The van der Waals surface area contributed by atoms with E-state index in [1.165, 1.54) is 21.6 Å². The molecule has 0 radical (unpaired) electrons. The van der Waals surface area contributed by atoms with Crippen LogP contribution in [0.15, 0.2) is 24.7 Å². The highest BCUT2D eigenvalue weighted by molar-refractivity contribution is 7.21. The summed E-state index contributed by atoms with van der Waals surface area (Å²) in [5, 5.41) is 21.8. The van der Waals surface area contributed by atoms with Gasteiger partial charge in [-0.05, 0) is 18.6 Å². The van der Waals surface area contributed by atoms with Crippen LogP contribution in [0, 0.1) is 17.0 Å². The number of aromatic nitrogens is 5. The maximum atomic E-state index is 13.6. The third-order valence-electron chi connectivity index (χ3n) is 5.10. The molecule has 0 spiro atoms. The van der Waals surface area contributed by atoms with Crippen molar-refractivity contribution in [3.05, 3.63) is 51.0 Å². The van der Waals surface area contributed by atoms with E-state index < -0.39 is 28.9 Å².